The highest BCUT2D eigenvalue weighted by Crippen LogP contribution is 2.25. The summed E-state index contributed by atoms with van der Waals surface area (Å²) in [7, 11) is 0. The zero-order valence-corrected chi connectivity index (χ0v) is 13.2. The van der Waals surface area contributed by atoms with Crippen molar-refractivity contribution in [3.63, 3.8) is 0 Å². The molecular formula is C15H22ClN3O2. The number of hydrogen-bond acceptors (Lipinski definition) is 3. The lowest BCUT2D eigenvalue weighted by atomic mass is 9.87. The molecule has 6 heteroatoms. The molecule has 21 heavy (non-hydrogen) atoms. The van der Waals surface area contributed by atoms with Gasteiger partial charge in [-0.1, -0.05) is 18.0 Å². The monoisotopic (exact) mass is 311 g/mol. The van der Waals surface area contributed by atoms with Gasteiger partial charge in [0.25, 0.3) is 0 Å². The topological polar surface area (TPSA) is 74.2 Å². The van der Waals surface area contributed by atoms with Gasteiger partial charge in [0.15, 0.2) is 5.15 Å². The third-order valence-electron chi connectivity index (χ3n) is 3.85. The quantitative estimate of drug-likeness (QED) is 0.751. The van der Waals surface area contributed by atoms with Crippen molar-refractivity contribution < 1.29 is 9.90 Å². The Bertz CT molecular complexity index is 499. The van der Waals surface area contributed by atoms with Crippen molar-refractivity contribution in [2.75, 3.05) is 11.9 Å². The molecule has 2 unspecified atom stereocenters. The van der Waals surface area contributed by atoms with Gasteiger partial charge < -0.3 is 15.7 Å². The van der Waals surface area contributed by atoms with Crippen LogP contribution in [-0.4, -0.2) is 28.8 Å². The molecular weight excluding hydrogens is 290 g/mol. The molecule has 2 rings (SSSR count). The lowest BCUT2D eigenvalue weighted by molar-refractivity contribution is 0.101. The van der Waals surface area contributed by atoms with Gasteiger partial charge in [-0.3, -0.25) is 0 Å². The van der Waals surface area contributed by atoms with E-state index < -0.39 is 0 Å². The van der Waals surface area contributed by atoms with E-state index in [0.717, 1.165) is 36.9 Å². The molecule has 2 amide bonds. The number of urea groups is 1. The Morgan fingerprint density at radius 3 is 2.90 bits per heavy atom. The van der Waals surface area contributed by atoms with E-state index in [2.05, 4.69) is 15.6 Å². The average Bonchev–Trinajstić information content (AvgIpc) is 2.40. The Morgan fingerprint density at radius 1 is 1.48 bits per heavy atom. The number of nitrogens with one attached hydrogen (secondary N) is 2. The van der Waals surface area contributed by atoms with Crippen molar-refractivity contribution in [2.45, 2.75) is 45.6 Å². The number of pyridine rings is 1. The van der Waals surface area contributed by atoms with Crippen LogP contribution in [0.15, 0.2) is 6.07 Å². The Morgan fingerprint density at radius 2 is 2.24 bits per heavy atom. The summed E-state index contributed by atoms with van der Waals surface area (Å²) in [5, 5.41) is 15.5. The minimum absolute atomic E-state index is 0.230. The van der Waals surface area contributed by atoms with E-state index in [9.17, 15) is 9.90 Å². The number of aromatic nitrogens is 1. The summed E-state index contributed by atoms with van der Waals surface area (Å²) >= 11 is 6.06. The number of nitrogens with zero attached hydrogens (tertiary/aromatic N) is 1. The zero-order valence-electron chi connectivity index (χ0n) is 12.4. The zero-order chi connectivity index (χ0) is 15.4. The molecule has 0 aliphatic heterocycles. The largest absolute Gasteiger partial charge is 0.393 e. The summed E-state index contributed by atoms with van der Waals surface area (Å²) < 4.78 is 0. The molecule has 0 bridgehead atoms. The molecule has 1 fully saturated rings. The highest BCUT2D eigenvalue weighted by molar-refractivity contribution is 6.32. The number of aryl methyl sites for hydroxylation is 2. The molecule has 1 aromatic rings. The third kappa shape index (κ3) is 4.58. The van der Waals surface area contributed by atoms with Crippen molar-refractivity contribution in [1.29, 1.82) is 0 Å². The second-order valence-electron chi connectivity index (χ2n) is 5.77. The molecule has 1 aliphatic rings. The Balaban J connectivity index is 1.87. The van der Waals surface area contributed by atoms with Crippen molar-refractivity contribution >= 4 is 23.3 Å². The fourth-order valence-electron chi connectivity index (χ4n) is 2.78. The molecule has 0 spiro atoms. The number of amides is 2. The van der Waals surface area contributed by atoms with E-state index in [0.29, 0.717) is 23.3 Å². The van der Waals surface area contributed by atoms with Crippen LogP contribution in [0.25, 0.3) is 0 Å². The Hall–Kier alpha value is -1.33. The minimum atomic E-state index is -0.286. The summed E-state index contributed by atoms with van der Waals surface area (Å²) in [6.07, 6.45) is 3.45. The molecule has 0 aromatic carbocycles. The molecule has 0 saturated heterocycles. The minimum Gasteiger partial charge on any atom is -0.393 e. The Labute approximate surface area is 130 Å². The van der Waals surface area contributed by atoms with Crippen LogP contribution in [0.5, 0.6) is 0 Å². The molecule has 2 atom stereocenters. The molecule has 1 heterocycles. The van der Waals surface area contributed by atoms with Crippen LogP contribution in [0, 0.1) is 19.8 Å². The molecule has 1 aliphatic carbocycles. The second kappa shape index (κ2) is 7.09. The summed E-state index contributed by atoms with van der Waals surface area (Å²) in [6, 6.07) is 1.59. The van der Waals surface area contributed by atoms with Crippen molar-refractivity contribution in [2.24, 2.45) is 5.92 Å². The van der Waals surface area contributed by atoms with Crippen LogP contribution in [0.1, 0.15) is 36.9 Å². The van der Waals surface area contributed by atoms with Gasteiger partial charge >= 0.3 is 6.03 Å². The molecule has 5 nitrogen and oxygen atoms in total. The number of rotatable bonds is 3. The molecule has 0 radical (unpaired) electrons. The van der Waals surface area contributed by atoms with Crippen LogP contribution in [0.3, 0.4) is 0 Å². The smallest absolute Gasteiger partial charge is 0.319 e. The molecule has 3 N–H and O–H groups in total. The van der Waals surface area contributed by atoms with Crippen molar-refractivity contribution in [3.8, 4) is 0 Å². The van der Waals surface area contributed by atoms with Gasteiger partial charge in [0.05, 0.1) is 11.8 Å². The number of hydrogen-bond donors (Lipinski definition) is 3. The maximum Gasteiger partial charge on any atom is 0.319 e. The first kappa shape index (κ1) is 16.0. The summed E-state index contributed by atoms with van der Waals surface area (Å²) in [4.78, 5) is 16.1. The summed E-state index contributed by atoms with van der Waals surface area (Å²) in [5.74, 6) is 0.340. The van der Waals surface area contributed by atoms with Crippen molar-refractivity contribution in [3.05, 3.63) is 22.5 Å². The predicted molar refractivity (Wildman–Crippen MR) is 83.7 cm³/mol. The number of carbonyl (C=O) groups excluding carboxylic acids is 1. The standard InChI is InChI=1S/C15H22ClN3O2/c1-9-6-10(2)18-14(16)13(9)19-15(21)17-8-11-4-3-5-12(20)7-11/h6,11-12,20H,3-5,7-8H2,1-2H3,(H2,17,19,21). The number of aliphatic hydroxyl groups excluding tert-OH is 1. The number of halogens is 1. The van der Waals surface area contributed by atoms with Gasteiger partial charge in [-0.2, -0.15) is 0 Å². The van der Waals surface area contributed by atoms with Gasteiger partial charge in [0.2, 0.25) is 0 Å². The predicted octanol–water partition coefficient (Wildman–Crippen LogP) is 3.02. The molecule has 116 valence electrons. The van der Waals surface area contributed by atoms with Gasteiger partial charge in [0, 0.05) is 12.2 Å². The number of anilines is 1. The van der Waals surface area contributed by atoms with Crippen LogP contribution >= 0.6 is 11.6 Å². The first-order chi connectivity index (χ1) is 9.95. The first-order valence-corrected chi connectivity index (χ1v) is 7.70. The van der Waals surface area contributed by atoms with Crippen LogP contribution in [0.2, 0.25) is 5.15 Å². The van der Waals surface area contributed by atoms with E-state index >= 15 is 0 Å². The maximum atomic E-state index is 12.0. The molecule has 1 aromatic heterocycles. The van der Waals surface area contributed by atoms with E-state index in [1.165, 1.54) is 0 Å². The van der Waals surface area contributed by atoms with Gasteiger partial charge in [-0.25, -0.2) is 9.78 Å². The number of aliphatic hydroxyl groups is 1. The highest BCUT2D eigenvalue weighted by atomic mass is 35.5. The number of carbonyl (C=O) groups is 1. The van der Waals surface area contributed by atoms with Gasteiger partial charge in [-0.15, -0.1) is 0 Å². The lowest BCUT2D eigenvalue weighted by Gasteiger charge is -2.26. The van der Waals surface area contributed by atoms with Crippen molar-refractivity contribution in [1.82, 2.24) is 10.3 Å². The van der Waals surface area contributed by atoms with Crippen LogP contribution in [-0.2, 0) is 0 Å². The lowest BCUT2D eigenvalue weighted by Crippen LogP contribution is -2.35. The van der Waals surface area contributed by atoms with E-state index in [4.69, 9.17) is 11.6 Å². The second-order valence-corrected chi connectivity index (χ2v) is 6.13. The normalized spacial score (nSPS) is 21.9. The fourth-order valence-corrected chi connectivity index (χ4v) is 3.11. The fraction of sp³-hybridized carbons (Fsp3) is 0.600. The van der Waals surface area contributed by atoms with Gasteiger partial charge in [-0.05, 0) is 50.7 Å². The Kier molecular flexibility index (Phi) is 5.42. The van der Waals surface area contributed by atoms with Gasteiger partial charge in [0.1, 0.15) is 0 Å². The van der Waals surface area contributed by atoms with E-state index in [1.54, 1.807) is 0 Å². The average molecular weight is 312 g/mol. The van der Waals surface area contributed by atoms with Crippen LogP contribution < -0.4 is 10.6 Å². The van der Waals surface area contributed by atoms with E-state index in [-0.39, 0.29) is 12.1 Å². The molecule has 1 saturated carbocycles. The highest BCUT2D eigenvalue weighted by Gasteiger charge is 2.20. The summed E-state index contributed by atoms with van der Waals surface area (Å²) in [5.41, 5.74) is 2.25. The maximum absolute atomic E-state index is 12.0. The van der Waals surface area contributed by atoms with E-state index in [1.807, 2.05) is 19.9 Å². The SMILES string of the molecule is Cc1cc(C)c(NC(=O)NCC2CCCC(O)C2)c(Cl)n1. The summed E-state index contributed by atoms with van der Waals surface area (Å²) in [6.45, 7) is 4.31. The third-order valence-corrected chi connectivity index (χ3v) is 4.12. The first-order valence-electron chi connectivity index (χ1n) is 7.32. The van der Waals surface area contributed by atoms with Crippen LogP contribution in [0.4, 0.5) is 10.5 Å².